The monoisotopic (exact) mass is 510 g/mol. The molecule has 37 heavy (non-hydrogen) atoms. The van der Waals surface area contributed by atoms with Crippen LogP contribution >= 0.6 is 0 Å². The number of likely N-dealkylation sites (N-methyl/N-ethyl adjacent to an activating group) is 1. The minimum absolute atomic E-state index is 0.0690. The molecule has 1 atom stereocenters. The summed E-state index contributed by atoms with van der Waals surface area (Å²) < 4.78 is 12.0. The highest BCUT2D eigenvalue weighted by Gasteiger charge is 2.43. The summed E-state index contributed by atoms with van der Waals surface area (Å²) in [5.41, 5.74) is 1.82. The van der Waals surface area contributed by atoms with Gasteiger partial charge in [-0.25, -0.2) is 9.59 Å². The molecule has 202 valence electrons. The van der Waals surface area contributed by atoms with E-state index in [1.807, 2.05) is 24.1 Å². The molecular weight excluding hydrogens is 468 g/mol. The number of ether oxygens (including phenoxy) is 2. The van der Waals surface area contributed by atoms with Gasteiger partial charge in [-0.1, -0.05) is 58.4 Å². The van der Waals surface area contributed by atoms with Gasteiger partial charge in [0, 0.05) is 20.0 Å². The molecule has 0 aliphatic carbocycles. The number of aliphatic carboxylic acids is 1. The van der Waals surface area contributed by atoms with Crippen LogP contribution in [0.5, 0.6) is 11.5 Å². The van der Waals surface area contributed by atoms with Crippen molar-refractivity contribution in [2.75, 3.05) is 20.2 Å². The van der Waals surface area contributed by atoms with E-state index >= 15 is 0 Å². The molecule has 1 aliphatic heterocycles. The Morgan fingerprint density at radius 1 is 1.11 bits per heavy atom. The molecule has 0 radical (unpaired) electrons. The number of hydrogen-bond acceptors (Lipinski definition) is 4. The quantitative estimate of drug-likeness (QED) is 0.412. The van der Waals surface area contributed by atoms with E-state index in [-0.39, 0.29) is 17.0 Å². The molecule has 1 heterocycles. The Morgan fingerprint density at radius 3 is 2.32 bits per heavy atom. The highest BCUT2D eigenvalue weighted by atomic mass is 16.5. The number of nitrogens with zero attached hydrogens (tertiary/aromatic N) is 1. The topological polar surface area (TPSA) is 88.1 Å². The maximum absolute atomic E-state index is 12.5. The maximum atomic E-state index is 12.5. The van der Waals surface area contributed by atoms with E-state index in [2.05, 4.69) is 57.3 Å². The molecule has 1 fully saturated rings. The van der Waals surface area contributed by atoms with Crippen LogP contribution in [0.3, 0.4) is 0 Å². The van der Waals surface area contributed by atoms with Gasteiger partial charge < -0.3 is 24.8 Å². The van der Waals surface area contributed by atoms with Crippen molar-refractivity contribution in [3.8, 4) is 11.5 Å². The second-order valence-corrected chi connectivity index (χ2v) is 11.6. The standard InChI is InChI=1S/C30H42N2O5/c1-8-9-22-18-24(37-29(5,6)26(33)34)14-15-25(22)36-17-16-30(20-31-27(35)32(30)7)19-21-10-12-23(13-11-21)28(2,3)4/h10-15,18H,8-9,16-17,19-20H2,1-7H3,(H,31,35)(H,33,34). The van der Waals surface area contributed by atoms with E-state index in [1.165, 1.54) is 25.0 Å². The summed E-state index contributed by atoms with van der Waals surface area (Å²) in [4.78, 5) is 25.7. The number of carboxylic acids is 1. The lowest BCUT2D eigenvalue weighted by Gasteiger charge is -2.35. The van der Waals surface area contributed by atoms with E-state index < -0.39 is 11.6 Å². The lowest BCUT2D eigenvalue weighted by Crippen LogP contribution is -2.48. The normalized spacial score (nSPS) is 18.0. The highest BCUT2D eigenvalue weighted by Crippen LogP contribution is 2.32. The number of aryl methyl sites for hydroxylation is 1. The van der Waals surface area contributed by atoms with E-state index in [9.17, 15) is 14.7 Å². The first-order valence-corrected chi connectivity index (χ1v) is 13.1. The SMILES string of the molecule is CCCc1cc(OC(C)(C)C(=O)O)ccc1OCCC1(Cc2ccc(C(C)(C)C)cc2)CNC(=O)N1C. The van der Waals surface area contributed by atoms with Crippen molar-refractivity contribution in [2.45, 2.75) is 83.8 Å². The zero-order chi connectivity index (χ0) is 27.4. The van der Waals surface area contributed by atoms with Crippen LogP contribution in [0.4, 0.5) is 4.79 Å². The van der Waals surface area contributed by atoms with Gasteiger partial charge >= 0.3 is 12.0 Å². The predicted octanol–water partition coefficient (Wildman–Crippen LogP) is 5.58. The van der Waals surface area contributed by atoms with Crippen LogP contribution in [0.15, 0.2) is 42.5 Å². The minimum atomic E-state index is -1.32. The zero-order valence-electron chi connectivity index (χ0n) is 23.3. The number of carbonyl (C=O) groups is 2. The van der Waals surface area contributed by atoms with Crippen molar-refractivity contribution in [3.63, 3.8) is 0 Å². The number of amides is 2. The number of hydrogen-bond donors (Lipinski definition) is 2. The number of carboxylic acid groups (broad SMARTS) is 1. The third-order valence-corrected chi connectivity index (χ3v) is 7.20. The molecule has 1 unspecified atom stereocenters. The molecule has 3 rings (SSSR count). The second kappa shape index (κ2) is 11.0. The van der Waals surface area contributed by atoms with Gasteiger partial charge in [0.25, 0.3) is 0 Å². The number of benzene rings is 2. The molecule has 7 heteroatoms. The van der Waals surface area contributed by atoms with Gasteiger partial charge in [0.05, 0.1) is 12.1 Å². The van der Waals surface area contributed by atoms with Crippen LogP contribution in [-0.4, -0.2) is 53.3 Å². The Labute approximate surface area is 221 Å². The largest absolute Gasteiger partial charge is 0.493 e. The average Bonchev–Trinajstić information content (AvgIpc) is 3.09. The summed E-state index contributed by atoms with van der Waals surface area (Å²) >= 11 is 0. The van der Waals surface area contributed by atoms with Crippen molar-refractivity contribution in [2.24, 2.45) is 0 Å². The van der Waals surface area contributed by atoms with Gasteiger partial charge in [-0.15, -0.1) is 0 Å². The summed E-state index contributed by atoms with van der Waals surface area (Å²) in [6, 6.07) is 14.1. The van der Waals surface area contributed by atoms with E-state index in [1.54, 1.807) is 6.07 Å². The first-order valence-electron chi connectivity index (χ1n) is 13.1. The molecule has 1 aliphatic rings. The highest BCUT2D eigenvalue weighted by molar-refractivity contribution is 5.78. The molecule has 2 amide bonds. The fourth-order valence-corrected chi connectivity index (χ4v) is 4.63. The summed E-state index contributed by atoms with van der Waals surface area (Å²) in [5.74, 6) is 0.239. The van der Waals surface area contributed by atoms with Crippen molar-refractivity contribution < 1.29 is 24.2 Å². The molecule has 0 spiro atoms. The van der Waals surface area contributed by atoms with E-state index in [4.69, 9.17) is 9.47 Å². The predicted molar refractivity (Wildman–Crippen MR) is 146 cm³/mol. The second-order valence-electron chi connectivity index (χ2n) is 11.6. The minimum Gasteiger partial charge on any atom is -0.493 e. The van der Waals surface area contributed by atoms with Gasteiger partial charge in [0.15, 0.2) is 5.60 Å². The Morgan fingerprint density at radius 2 is 1.78 bits per heavy atom. The van der Waals surface area contributed by atoms with Gasteiger partial charge in [-0.3, -0.25) is 0 Å². The number of urea groups is 1. The molecular formula is C30H42N2O5. The lowest BCUT2D eigenvalue weighted by atomic mass is 9.84. The van der Waals surface area contributed by atoms with E-state index in [0.29, 0.717) is 25.3 Å². The fraction of sp³-hybridized carbons (Fsp3) is 0.533. The van der Waals surface area contributed by atoms with Gasteiger partial charge in [-0.05, 0) is 67.0 Å². The molecule has 7 nitrogen and oxygen atoms in total. The van der Waals surface area contributed by atoms with Crippen LogP contribution in [0.1, 0.15) is 71.1 Å². The fourth-order valence-electron chi connectivity index (χ4n) is 4.63. The van der Waals surface area contributed by atoms with Crippen molar-refractivity contribution in [1.82, 2.24) is 10.2 Å². The van der Waals surface area contributed by atoms with Gasteiger partial charge in [0.2, 0.25) is 0 Å². The summed E-state index contributed by atoms with van der Waals surface area (Å²) in [6.07, 6.45) is 3.09. The Balaban J connectivity index is 1.74. The van der Waals surface area contributed by atoms with Crippen molar-refractivity contribution in [1.29, 1.82) is 0 Å². The van der Waals surface area contributed by atoms with Gasteiger partial charge in [-0.2, -0.15) is 0 Å². The molecule has 1 saturated heterocycles. The first kappa shape index (κ1) is 28.4. The van der Waals surface area contributed by atoms with Crippen LogP contribution in [0.2, 0.25) is 0 Å². The van der Waals surface area contributed by atoms with Gasteiger partial charge in [0.1, 0.15) is 11.5 Å². The molecule has 0 aromatic heterocycles. The maximum Gasteiger partial charge on any atom is 0.347 e. The van der Waals surface area contributed by atoms with E-state index in [0.717, 1.165) is 30.6 Å². The van der Waals surface area contributed by atoms with Crippen LogP contribution in [-0.2, 0) is 23.1 Å². The first-order chi connectivity index (χ1) is 17.3. The molecule has 0 bridgehead atoms. The summed E-state index contributed by atoms with van der Waals surface area (Å²) in [5, 5.41) is 12.4. The third kappa shape index (κ3) is 6.76. The number of nitrogens with one attached hydrogen (secondary N) is 1. The lowest BCUT2D eigenvalue weighted by molar-refractivity contribution is -0.152. The summed E-state index contributed by atoms with van der Waals surface area (Å²) in [6.45, 7) is 12.8. The van der Waals surface area contributed by atoms with Crippen LogP contribution in [0.25, 0.3) is 0 Å². The Kier molecular flexibility index (Phi) is 8.45. The van der Waals surface area contributed by atoms with Crippen molar-refractivity contribution >= 4 is 12.0 Å². The number of rotatable bonds is 11. The average molecular weight is 511 g/mol. The Hall–Kier alpha value is -3.22. The smallest absolute Gasteiger partial charge is 0.347 e. The van der Waals surface area contributed by atoms with Crippen LogP contribution < -0.4 is 14.8 Å². The number of carbonyl (C=O) groups excluding carboxylic acids is 1. The molecule has 0 saturated carbocycles. The Bertz CT molecular complexity index is 1100. The third-order valence-electron chi connectivity index (χ3n) is 7.20. The summed E-state index contributed by atoms with van der Waals surface area (Å²) in [7, 11) is 1.85. The zero-order valence-corrected chi connectivity index (χ0v) is 23.3. The molecule has 2 aromatic rings. The molecule has 2 N–H and O–H groups in total. The molecule has 2 aromatic carbocycles. The van der Waals surface area contributed by atoms with Crippen molar-refractivity contribution in [3.05, 3.63) is 59.2 Å². The van der Waals surface area contributed by atoms with Crippen LogP contribution in [0, 0.1) is 0 Å².